The molecule has 0 saturated carbocycles. The predicted molar refractivity (Wildman–Crippen MR) is 133 cm³/mol. The van der Waals surface area contributed by atoms with Crippen molar-refractivity contribution in [2.45, 2.75) is 26.2 Å². The Balaban J connectivity index is 1.75. The number of aromatic nitrogens is 1. The Morgan fingerprint density at radius 3 is 2.08 bits per heavy atom. The number of hydrogen-bond acceptors (Lipinski definition) is 3. The number of rotatable bonds is 6. The van der Waals surface area contributed by atoms with Gasteiger partial charge in [0.15, 0.2) is 17.2 Å². The highest BCUT2D eigenvalue weighted by Crippen LogP contribution is 2.40. The molecule has 1 aromatic heterocycles. The molecular formula is C28H22F6N2O3. The zero-order valence-corrected chi connectivity index (χ0v) is 20.9. The molecule has 0 aliphatic heterocycles. The third-order valence-electron chi connectivity index (χ3n) is 5.97. The van der Waals surface area contributed by atoms with Crippen molar-refractivity contribution >= 4 is 11.6 Å². The number of hydrogen-bond donors (Lipinski definition) is 1. The molecular weight excluding hydrogens is 526 g/mol. The van der Waals surface area contributed by atoms with Crippen LogP contribution in [0, 0.1) is 13.8 Å². The van der Waals surface area contributed by atoms with Gasteiger partial charge in [0.25, 0.3) is 5.91 Å². The second-order valence-corrected chi connectivity index (χ2v) is 8.55. The van der Waals surface area contributed by atoms with E-state index in [0.717, 1.165) is 24.3 Å². The van der Waals surface area contributed by atoms with Crippen molar-refractivity contribution in [3.63, 3.8) is 0 Å². The number of amides is 1. The molecule has 1 amide bonds. The number of methoxy groups -OCH3 is 1. The van der Waals surface area contributed by atoms with Crippen molar-refractivity contribution < 1.29 is 40.6 Å². The lowest BCUT2D eigenvalue weighted by molar-refractivity contribution is -0.138. The number of para-hydroxylation sites is 3. The topological polar surface area (TPSA) is 52.5 Å². The maximum Gasteiger partial charge on any atom is 0.418 e. The number of anilines is 1. The van der Waals surface area contributed by atoms with Crippen molar-refractivity contribution in [3.8, 4) is 22.9 Å². The molecule has 4 rings (SSSR count). The summed E-state index contributed by atoms with van der Waals surface area (Å²) >= 11 is 0. The number of carbonyl (C=O) groups is 1. The summed E-state index contributed by atoms with van der Waals surface area (Å²) in [6, 6.07) is 15.3. The minimum Gasteiger partial charge on any atom is -0.493 e. The largest absolute Gasteiger partial charge is 0.493 e. The summed E-state index contributed by atoms with van der Waals surface area (Å²) in [5.41, 5.74) is -1.94. The van der Waals surface area contributed by atoms with Gasteiger partial charge in [0.05, 0.1) is 35.2 Å². The van der Waals surface area contributed by atoms with Crippen LogP contribution in [0.25, 0.3) is 5.69 Å². The molecule has 3 aromatic carbocycles. The van der Waals surface area contributed by atoms with Gasteiger partial charge in [-0.15, -0.1) is 0 Å². The molecule has 0 aliphatic carbocycles. The first-order valence-corrected chi connectivity index (χ1v) is 11.5. The van der Waals surface area contributed by atoms with E-state index < -0.39 is 29.4 Å². The molecule has 0 unspecified atom stereocenters. The van der Waals surface area contributed by atoms with Crippen LogP contribution in [0.5, 0.6) is 17.2 Å². The smallest absolute Gasteiger partial charge is 0.418 e. The van der Waals surface area contributed by atoms with Crippen molar-refractivity contribution in [2.75, 3.05) is 12.4 Å². The molecule has 4 aromatic rings. The number of alkyl halides is 6. The third-order valence-corrected chi connectivity index (χ3v) is 5.97. The van der Waals surface area contributed by atoms with Crippen LogP contribution in [0.4, 0.5) is 32.0 Å². The Labute approximate surface area is 219 Å². The van der Waals surface area contributed by atoms with Gasteiger partial charge in [-0.2, -0.15) is 26.3 Å². The van der Waals surface area contributed by atoms with Crippen LogP contribution in [0.2, 0.25) is 0 Å². The van der Waals surface area contributed by atoms with Crippen LogP contribution < -0.4 is 14.8 Å². The molecule has 0 atom stereocenters. The number of aryl methyl sites for hydroxylation is 1. The average Bonchev–Trinajstić information content (AvgIpc) is 3.17. The summed E-state index contributed by atoms with van der Waals surface area (Å²) in [6.45, 7) is 2.98. The predicted octanol–water partition coefficient (Wildman–Crippen LogP) is 8.18. The van der Waals surface area contributed by atoms with Crippen LogP contribution in [0.3, 0.4) is 0 Å². The van der Waals surface area contributed by atoms with E-state index in [9.17, 15) is 31.1 Å². The molecule has 11 heteroatoms. The summed E-state index contributed by atoms with van der Waals surface area (Å²) in [5, 5.41) is 2.43. The molecule has 5 nitrogen and oxygen atoms in total. The van der Waals surface area contributed by atoms with Gasteiger partial charge in [-0.1, -0.05) is 24.3 Å². The van der Waals surface area contributed by atoms with E-state index in [1.54, 1.807) is 18.2 Å². The maximum absolute atomic E-state index is 13.7. The van der Waals surface area contributed by atoms with Crippen LogP contribution >= 0.6 is 0 Å². The summed E-state index contributed by atoms with van der Waals surface area (Å²) in [7, 11) is 1.39. The minimum absolute atomic E-state index is 0.0230. The van der Waals surface area contributed by atoms with Gasteiger partial charge in [0.2, 0.25) is 0 Å². The molecule has 39 heavy (non-hydrogen) atoms. The molecule has 0 radical (unpaired) electrons. The van der Waals surface area contributed by atoms with Crippen LogP contribution in [-0.4, -0.2) is 17.6 Å². The van der Waals surface area contributed by atoms with E-state index in [2.05, 4.69) is 5.32 Å². The summed E-state index contributed by atoms with van der Waals surface area (Å²) in [6.07, 6.45) is -9.36. The zero-order chi connectivity index (χ0) is 28.5. The van der Waals surface area contributed by atoms with Gasteiger partial charge in [-0.05, 0) is 62.4 Å². The van der Waals surface area contributed by atoms with Gasteiger partial charge in [0, 0.05) is 11.4 Å². The monoisotopic (exact) mass is 548 g/mol. The Bertz CT molecular complexity index is 1520. The SMILES string of the molecule is COc1ccccc1Oc1ccc(C(F)(F)F)cc1NC(=O)c1cc(C)n(-c2ccccc2C(F)(F)F)c1C. The van der Waals surface area contributed by atoms with Crippen LogP contribution in [-0.2, 0) is 12.4 Å². The molecule has 1 N–H and O–H groups in total. The average molecular weight is 548 g/mol. The highest BCUT2D eigenvalue weighted by Gasteiger charge is 2.35. The molecule has 1 heterocycles. The fourth-order valence-corrected chi connectivity index (χ4v) is 4.18. The summed E-state index contributed by atoms with van der Waals surface area (Å²) in [4.78, 5) is 13.3. The van der Waals surface area contributed by atoms with Crippen molar-refractivity contribution in [1.29, 1.82) is 0 Å². The lowest BCUT2D eigenvalue weighted by atomic mass is 10.1. The van der Waals surface area contributed by atoms with E-state index in [4.69, 9.17) is 9.47 Å². The fourth-order valence-electron chi connectivity index (χ4n) is 4.18. The standard InChI is InChI=1S/C28H22F6N2O3/c1-16-14-19(17(2)36(16)22-9-5-4-8-20(22)28(32,33)34)26(37)35-21-15-18(27(29,30)31)12-13-23(21)39-25-11-7-6-10-24(25)38-3/h4-15H,1-3H3,(H,35,37). The molecule has 0 fully saturated rings. The van der Waals surface area contributed by atoms with Crippen molar-refractivity contribution in [2.24, 2.45) is 0 Å². The second-order valence-electron chi connectivity index (χ2n) is 8.55. The van der Waals surface area contributed by atoms with Crippen LogP contribution in [0.15, 0.2) is 72.8 Å². The van der Waals surface area contributed by atoms with E-state index in [1.165, 1.54) is 55.9 Å². The third kappa shape index (κ3) is 5.71. The Morgan fingerprint density at radius 1 is 0.795 bits per heavy atom. The number of ether oxygens (including phenoxy) is 2. The second kappa shape index (κ2) is 10.4. The molecule has 0 bridgehead atoms. The highest BCUT2D eigenvalue weighted by molar-refractivity contribution is 6.06. The van der Waals surface area contributed by atoms with Gasteiger partial charge in [0.1, 0.15) is 0 Å². The lowest BCUT2D eigenvalue weighted by Crippen LogP contribution is -2.16. The van der Waals surface area contributed by atoms with Crippen molar-refractivity contribution in [1.82, 2.24) is 4.57 Å². The highest BCUT2D eigenvalue weighted by atomic mass is 19.4. The molecule has 0 saturated heterocycles. The summed E-state index contributed by atoms with van der Waals surface area (Å²) in [5.74, 6) is -0.432. The molecule has 204 valence electrons. The number of carbonyl (C=O) groups excluding carboxylic acids is 1. The van der Waals surface area contributed by atoms with Gasteiger partial charge < -0.3 is 19.4 Å². The van der Waals surface area contributed by atoms with Crippen molar-refractivity contribution in [3.05, 3.63) is 101 Å². The normalized spacial score (nSPS) is 11.8. The minimum atomic E-state index is -4.71. The van der Waals surface area contributed by atoms with E-state index in [-0.39, 0.29) is 34.1 Å². The number of nitrogens with zero attached hydrogens (tertiary/aromatic N) is 1. The zero-order valence-electron chi connectivity index (χ0n) is 20.9. The quantitative estimate of drug-likeness (QED) is 0.247. The first-order chi connectivity index (χ1) is 18.3. The Hall–Kier alpha value is -4.41. The first kappa shape index (κ1) is 27.6. The van der Waals surface area contributed by atoms with E-state index in [0.29, 0.717) is 11.4 Å². The maximum atomic E-state index is 13.7. The van der Waals surface area contributed by atoms with Gasteiger partial charge in [-0.25, -0.2) is 0 Å². The molecule has 0 spiro atoms. The number of nitrogens with one attached hydrogen (secondary N) is 1. The Kier molecular flexibility index (Phi) is 7.36. The number of benzene rings is 3. The molecule has 0 aliphatic rings. The van der Waals surface area contributed by atoms with Gasteiger partial charge >= 0.3 is 12.4 Å². The van der Waals surface area contributed by atoms with E-state index in [1.807, 2.05) is 0 Å². The van der Waals surface area contributed by atoms with Gasteiger partial charge in [-0.3, -0.25) is 4.79 Å². The fraction of sp³-hybridized carbons (Fsp3) is 0.179. The number of halogens is 6. The van der Waals surface area contributed by atoms with Crippen LogP contribution in [0.1, 0.15) is 32.9 Å². The summed E-state index contributed by atoms with van der Waals surface area (Å²) < 4.78 is 93.7. The van der Waals surface area contributed by atoms with E-state index >= 15 is 0 Å². The Morgan fingerprint density at radius 2 is 1.44 bits per heavy atom. The lowest BCUT2D eigenvalue weighted by Gasteiger charge is -2.17. The first-order valence-electron chi connectivity index (χ1n) is 11.5.